The van der Waals surface area contributed by atoms with Crippen LogP contribution < -0.4 is 9.47 Å². The third-order valence-corrected chi connectivity index (χ3v) is 3.28. The number of rotatable bonds is 8. The number of carbonyl (C=O) groups excluding carboxylic acids is 1. The van der Waals surface area contributed by atoms with Crippen molar-refractivity contribution in [1.82, 2.24) is 4.90 Å². The predicted molar refractivity (Wildman–Crippen MR) is 75.4 cm³/mol. The number of carboxylic acid groups (broad SMARTS) is 1. The van der Waals surface area contributed by atoms with Crippen molar-refractivity contribution < 1.29 is 24.2 Å². The summed E-state index contributed by atoms with van der Waals surface area (Å²) in [6, 6.07) is 6.88. The Morgan fingerprint density at radius 3 is 2.38 bits per heavy atom. The van der Waals surface area contributed by atoms with Gasteiger partial charge in [-0.2, -0.15) is 0 Å². The molecule has 21 heavy (non-hydrogen) atoms. The maximum Gasteiger partial charge on any atom is 0.323 e. The van der Waals surface area contributed by atoms with Crippen LogP contribution in [-0.4, -0.2) is 48.7 Å². The number of methoxy groups -OCH3 is 1. The van der Waals surface area contributed by atoms with Crippen LogP contribution >= 0.6 is 0 Å². The average molecular weight is 293 g/mol. The monoisotopic (exact) mass is 293 g/mol. The van der Waals surface area contributed by atoms with E-state index in [1.54, 1.807) is 31.4 Å². The number of carboxylic acids is 1. The van der Waals surface area contributed by atoms with Gasteiger partial charge in [0.25, 0.3) is 5.91 Å². The fourth-order valence-electron chi connectivity index (χ4n) is 1.94. The molecule has 1 amide bonds. The van der Waals surface area contributed by atoms with E-state index in [0.717, 1.165) is 12.8 Å². The molecule has 1 fully saturated rings. The number of benzene rings is 1. The summed E-state index contributed by atoms with van der Waals surface area (Å²) in [4.78, 5) is 24.2. The molecule has 6 nitrogen and oxygen atoms in total. The topological polar surface area (TPSA) is 76.1 Å². The molecule has 0 atom stereocenters. The number of aliphatic carboxylic acids is 1. The van der Waals surface area contributed by atoms with Gasteiger partial charge in [0, 0.05) is 6.54 Å². The van der Waals surface area contributed by atoms with Crippen LogP contribution in [0.25, 0.3) is 0 Å². The van der Waals surface area contributed by atoms with Gasteiger partial charge in [0.15, 0.2) is 6.61 Å². The zero-order valence-electron chi connectivity index (χ0n) is 11.9. The van der Waals surface area contributed by atoms with Gasteiger partial charge in [-0.05, 0) is 43.0 Å². The van der Waals surface area contributed by atoms with Crippen LogP contribution in [0, 0.1) is 5.92 Å². The highest BCUT2D eigenvalue weighted by Crippen LogP contribution is 2.29. The molecule has 0 saturated heterocycles. The number of carbonyl (C=O) groups is 2. The number of hydrogen-bond acceptors (Lipinski definition) is 4. The first-order chi connectivity index (χ1) is 10.1. The van der Waals surface area contributed by atoms with Crippen molar-refractivity contribution in [3.63, 3.8) is 0 Å². The first-order valence-corrected chi connectivity index (χ1v) is 6.85. The quantitative estimate of drug-likeness (QED) is 0.784. The van der Waals surface area contributed by atoms with Gasteiger partial charge >= 0.3 is 5.97 Å². The van der Waals surface area contributed by atoms with E-state index < -0.39 is 5.97 Å². The highest BCUT2D eigenvalue weighted by Gasteiger charge is 2.28. The molecule has 6 heteroatoms. The van der Waals surface area contributed by atoms with Gasteiger partial charge < -0.3 is 19.5 Å². The summed E-state index contributed by atoms with van der Waals surface area (Å²) in [5.74, 6) is 0.378. The summed E-state index contributed by atoms with van der Waals surface area (Å²) < 4.78 is 10.4. The molecule has 0 aromatic heterocycles. The molecule has 114 valence electrons. The van der Waals surface area contributed by atoms with Crippen LogP contribution in [0.2, 0.25) is 0 Å². The van der Waals surface area contributed by atoms with Crippen molar-refractivity contribution in [1.29, 1.82) is 0 Å². The molecule has 1 aliphatic rings. The molecule has 0 bridgehead atoms. The molecule has 0 aliphatic heterocycles. The Hall–Kier alpha value is -2.24. The highest BCUT2D eigenvalue weighted by atomic mass is 16.5. The van der Waals surface area contributed by atoms with E-state index in [4.69, 9.17) is 14.6 Å². The summed E-state index contributed by atoms with van der Waals surface area (Å²) >= 11 is 0. The standard InChI is InChI=1S/C15H19NO5/c1-20-12-4-6-13(7-5-12)21-10-14(17)16(9-15(18)19)8-11-2-3-11/h4-7,11H,2-3,8-10H2,1H3,(H,18,19). The van der Waals surface area contributed by atoms with Crippen LogP contribution in [0.15, 0.2) is 24.3 Å². The first kappa shape index (κ1) is 15.2. The van der Waals surface area contributed by atoms with Crippen LogP contribution in [0.5, 0.6) is 11.5 Å². The van der Waals surface area contributed by atoms with E-state index in [2.05, 4.69) is 0 Å². The van der Waals surface area contributed by atoms with Crippen molar-refractivity contribution in [2.45, 2.75) is 12.8 Å². The lowest BCUT2D eigenvalue weighted by atomic mass is 10.3. The van der Waals surface area contributed by atoms with E-state index in [0.29, 0.717) is 24.0 Å². The molecule has 1 aromatic rings. The van der Waals surface area contributed by atoms with Gasteiger partial charge in [-0.1, -0.05) is 0 Å². The van der Waals surface area contributed by atoms with Crippen LogP contribution in [0.3, 0.4) is 0 Å². The van der Waals surface area contributed by atoms with E-state index in [1.165, 1.54) is 4.90 Å². The Balaban J connectivity index is 1.86. The lowest BCUT2D eigenvalue weighted by Gasteiger charge is -2.20. The summed E-state index contributed by atoms with van der Waals surface area (Å²) in [5, 5.41) is 8.86. The molecule has 0 unspecified atom stereocenters. The fourth-order valence-corrected chi connectivity index (χ4v) is 1.94. The van der Waals surface area contributed by atoms with Gasteiger partial charge in [0.05, 0.1) is 7.11 Å². The minimum Gasteiger partial charge on any atom is -0.497 e. The van der Waals surface area contributed by atoms with Crippen molar-refractivity contribution in [2.75, 3.05) is 26.8 Å². The molecule has 1 aliphatic carbocycles. The molecule has 2 rings (SSSR count). The SMILES string of the molecule is COc1ccc(OCC(=O)N(CC(=O)O)CC2CC2)cc1. The number of ether oxygens (including phenoxy) is 2. The molecular weight excluding hydrogens is 274 g/mol. The minimum atomic E-state index is -1.01. The van der Waals surface area contributed by atoms with Gasteiger partial charge in [0.1, 0.15) is 18.0 Å². The molecule has 0 spiro atoms. The second-order valence-corrected chi connectivity index (χ2v) is 5.08. The van der Waals surface area contributed by atoms with Crippen molar-refractivity contribution in [3.8, 4) is 11.5 Å². The molecule has 0 heterocycles. The zero-order chi connectivity index (χ0) is 15.2. The zero-order valence-corrected chi connectivity index (χ0v) is 11.9. The summed E-state index contributed by atoms with van der Waals surface area (Å²) in [7, 11) is 1.57. The largest absolute Gasteiger partial charge is 0.497 e. The van der Waals surface area contributed by atoms with Crippen molar-refractivity contribution in [2.24, 2.45) is 5.92 Å². The predicted octanol–water partition coefficient (Wildman–Crippen LogP) is 1.40. The Bertz CT molecular complexity index is 495. The van der Waals surface area contributed by atoms with Gasteiger partial charge in [-0.25, -0.2) is 0 Å². The highest BCUT2D eigenvalue weighted by molar-refractivity contribution is 5.82. The Morgan fingerprint density at radius 1 is 1.24 bits per heavy atom. The van der Waals surface area contributed by atoms with E-state index >= 15 is 0 Å². The third kappa shape index (κ3) is 4.98. The molecular formula is C15H19NO5. The number of amides is 1. The van der Waals surface area contributed by atoms with Gasteiger partial charge in [-0.3, -0.25) is 9.59 Å². The normalized spacial score (nSPS) is 13.6. The first-order valence-electron chi connectivity index (χ1n) is 6.85. The maximum atomic E-state index is 12.1. The van der Waals surface area contributed by atoms with Crippen LogP contribution in [0.4, 0.5) is 0 Å². The molecule has 1 saturated carbocycles. The maximum absolute atomic E-state index is 12.1. The summed E-state index contributed by atoms with van der Waals surface area (Å²) in [6.45, 7) is 0.0603. The Labute approximate surface area is 123 Å². The second kappa shape index (κ2) is 6.97. The van der Waals surface area contributed by atoms with E-state index in [-0.39, 0.29) is 19.1 Å². The minimum absolute atomic E-state index is 0.160. The smallest absolute Gasteiger partial charge is 0.323 e. The lowest BCUT2D eigenvalue weighted by molar-refractivity contribution is -0.145. The molecule has 1 aromatic carbocycles. The van der Waals surface area contributed by atoms with Crippen molar-refractivity contribution in [3.05, 3.63) is 24.3 Å². The molecule has 1 N–H and O–H groups in total. The van der Waals surface area contributed by atoms with Crippen LogP contribution in [-0.2, 0) is 9.59 Å². The average Bonchev–Trinajstić information content (AvgIpc) is 3.28. The third-order valence-electron chi connectivity index (χ3n) is 3.28. The lowest BCUT2D eigenvalue weighted by Crippen LogP contribution is -2.40. The summed E-state index contributed by atoms with van der Waals surface area (Å²) in [6.07, 6.45) is 2.12. The molecule has 0 radical (unpaired) electrons. The Kier molecular flexibility index (Phi) is 5.03. The summed E-state index contributed by atoms with van der Waals surface area (Å²) in [5.41, 5.74) is 0. The van der Waals surface area contributed by atoms with Gasteiger partial charge in [0.2, 0.25) is 0 Å². The van der Waals surface area contributed by atoms with E-state index in [9.17, 15) is 9.59 Å². The van der Waals surface area contributed by atoms with Crippen LogP contribution in [0.1, 0.15) is 12.8 Å². The number of hydrogen-bond donors (Lipinski definition) is 1. The fraction of sp³-hybridized carbons (Fsp3) is 0.467. The number of nitrogens with zero attached hydrogens (tertiary/aromatic N) is 1. The second-order valence-electron chi connectivity index (χ2n) is 5.08. The van der Waals surface area contributed by atoms with Gasteiger partial charge in [-0.15, -0.1) is 0 Å². The van der Waals surface area contributed by atoms with Crippen molar-refractivity contribution >= 4 is 11.9 Å². The Morgan fingerprint density at radius 2 is 1.86 bits per heavy atom. The van der Waals surface area contributed by atoms with E-state index in [1.807, 2.05) is 0 Å².